The van der Waals surface area contributed by atoms with Crippen molar-refractivity contribution in [1.82, 2.24) is 19.4 Å². The Morgan fingerprint density at radius 2 is 1.81 bits per heavy atom. The van der Waals surface area contributed by atoms with E-state index in [0.29, 0.717) is 25.7 Å². The Kier molecular flexibility index (Phi) is 6.25. The number of hydrogen-bond acceptors (Lipinski definition) is 4. The number of anilines is 1. The summed E-state index contributed by atoms with van der Waals surface area (Å²) in [6.45, 7) is 0.198. The SMILES string of the molecule is CN(C)C1(c2cccc(P)c2)CCC2(CC1)CN(c1cc(C(F)(F)F)nn1C(=O)C1CC1)C(=O)N2P. The predicted molar refractivity (Wildman–Crippen MR) is 137 cm³/mol. The van der Waals surface area contributed by atoms with Crippen molar-refractivity contribution in [2.45, 2.75) is 55.8 Å². The standard InChI is InChI=1S/C24H30F3N5O2P2/c1-29(2)23(16-4-3-5-17(35)12-16)10-8-22(9-11-23)14-30(21(34)32(22)36)19-13-18(24(25,26)27)28-31(19)20(33)15-6-7-15/h3-5,12-13,15H,6-11,14,35-36H2,1-2H3. The number of alkyl halides is 3. The summed E-state index contributed by atoms with van der Waals surface area (Å²) in [5, 5.41) is 4.68. The van der Waals surface area contributed by atoms with E-state index in [0.717, 1.165) is 28.9 Å². The van der Waals surface area contributed by atoms with E-state index in [1.165, 1.54) is 10.5 Å². The number of aromatic nitrogens is 2. The molecule has 1 aromatic heterocycles. The Hall–Kier alpha value is -2.02. The predicted octanol–water partition coefficient (Wildman–Crippen LogP) is 4.25. The first-order valence-corrected chi connectivity index (χ1v) is 13.1. The van der Waals surface area contributed by atoms with E-state index in [4.69, 9.17) is 0 Å². The van der Waals surface area contributed by atoms with Crippen LogP contribution in [-0.2, 0) is 11.7 Å². The van der Waals surface area contributed by atoms with Gasteiger partial charge in [-0.15, -0.1) is 9.24 Å². The first-order valence-electron chi connectivity index (χ1n) is 12.0. The van der Waals surface area contributed by atoms with Crippen molar-refractivity contribution in [3.05, 3.63) is 41.6 Å². The largest absolute Gasteiger partial charge is 0.435 e. The molecule has 2 aliphatic carbocycles. The second-order valence-electron chi connectivity index (χ2n) is 10.4. The molecule has 7 nitrogen and oxygen atoms in total. The molecule has 1 aromatic carbocycles. The molecule has 2 amide bonds. The summed E-state index contributed by atoms with van der Waals surface area (Å²) in [5.41, 5.74) is -0.749. The van der Waals surface area contributed by atoms with E-state index in [1.807, 2.05) is 12.1 Å². The smallest absolute Gasteiger partial charge is 0.301 e. The van der Waals surface area contributed by atoms with E-state index in [1.54, 1.807) is 4.67 Å². The minimum absolute atomic E-state index is 0.103. The molecule has 36 heavy (non-hydrogen) atoms. The average Bonchev–Trinajstić information content (AvgIpc) is 3.53. The van der Waals surface area contributed by atoms with Crippen LogP contribution in [0.4, 0.5) is 23.8 Å². The van der Waals surface area contributed by atoms with Gasteiger partial charge in [-0.2, -0.15) is 23.0 Å². The number of carbonyl (C=O) groups excluding carboxylic acids is 2. The maximum Gasteiger partial charge on any atom is 0.435 e. The van der Waals surface area contributed by atoms with Crippen molar-refractivity contribution in [3.63, 3.8) is 0 Å². The highest BCUT2D eigenvalue weighted by Gasteiger charge is 2.55. The van der Waals surface area contributed by atoms with Gasteiger partial charge < -0.3 is 4.67 Å². The lowest BCUT2D eigenvalue weighted by Crippen LogP contribution is -2.53. The third kappa shape index (κ3) is 4.15. The molecule has 2 heterocycles. The van der Waals surface area contributed by atoms with Crippen LogP contribution < -0.4 is 10.2 Å². The zero-order valence-corrected chi connectivity index (χ0v) is 22.6. The molecule has 0 bridgehead atoms. The molecule has 1 aliphatic heterocycles. The van der Waals surface area contributed by atoms with Crippen LogP contribution in [0.5, 0.6) is 0 Å². The third-order valence-electron chi connectivity index (χ3n) is 8.08. The van der Waals surface area contributed by atoms with Crippen molar-refractivity contribution < 1.29 is 22.8 Å². The van der Waals surface area contributed by atoms with Gasteiger partial charge in [0.25, 0.3) is 5.91 Å². The molecule has 12 heteroatoms. The molecule has 0 radical (unpaired) electrons. The van der Waals surface area contributed by atoms with Gasteiger partial charge in [0, 0.05) is 17.5 Å². The number of nitrogens with zero attached hydrogens (tertiary/aromatic N) is 5. The van der Waals surface area contributed by atoms with Crippen LogP contribution in [0, 0.1) is 5.92 Å². The van der Waals surface area contributed by atoms with Gasteiger partial charge in [0.15, 0.2) is 5.69 Å². The highest BCUT2D eigenvalue weighted by molar-refractivity contribution is 7.27. The van der Waals surface area contributed by atoms with Gasteiger partial charge in [0.1, 0.15) is 5.82 Å². The lowest BCUT2D eigenvalue weighted by atomic mass is 9.69. The number of hydrogen-bond donors (Lipinski definition) is 0. The van der Waals surface area contributed by atoms with Crippen LogP contribution in [0.15, 0.2) is 30.3 Å². The maximum atomic E-state index is 13.5. The number of urea groups is 1. The molecule has 194 valence electrons. The fourth-order valence-corrected chi connectivity index (χ4v) is 6.44. The van der Waals surface area contributed by atoms with Crippen LogP contribution in [0.2, 0.25) is 0 Å². The van der Waals surface area contributed by atoms with Crippen LogP contribution in [0.1, 0.15) is 54.6 Å². The quantitative estimate of drug-likeness (QED) is 0.546. The zero-order valence-electron chi connectivity index (χ0n) is 20.3. The number of benzene rings is 1. The summed E-state index contributed by atoms with van der Waals surface area (Å²) in [6, 6.07) is 8.73. The second-order valence-corrected chi connectivity index (χ2v) is 11.6. The molecule has 2 aromatic rings. The van der Waals surface area contributed by atoms with Crippen molar-refractivity contribution in [2.75, 3.05) is 25.5 Å². The first kappa shape index (κ1) is 25.6. The van der Waals surface area contributed by atoms with Gasteiger partial charge in [-0.05, 0) is 78.9 Å². The van der Waals surface area contributed by atoms with E-state index in [9.17, 15) is 22.8 Å². The fourth-order valence-electron chi connectivity index (χ4n) is 5.67. The molecule has 1 spiro atoms. The first-order chi connectivity index (χ1) is 16.9. The van der Waals surface area contributed by atoms with Crippen molar-refractivity contribution in [2.24, 2.45) is 5.92 Å². The van der Waals surface area contributed by atoms with Crippen LogP contribution in [0.3, 0.4) is 0 Å². The lowest BCUT2D eigenvalue weighted by Gasteiger charge is -2.50. The molecule has 2 unspecified atom stereocenters. The van der Waals surface area contributed by atoms with Gasteiger partial charge in [-0.25, -0.2) is 4.79 Å². The molecule has 3 aliphatic rings. The molecule has 3 fully saturated rings. The summed E-state index contributed by atoms with van der Waals surface area (Å²) in [5.74, 6) is -0.933. The van der Waals surface area contributed by atoms with Gasteiger partial charge in [0.2, 0.25) is 0 Å². The minimum Gasteiger partial charge on any atom is -0.301 e. The number of amides is 2. The summed E-state index contributed by atoms with van der Waals surface area (Å²) < 4.78 is 42.9. The molecular weight excluding hydrogens is 509 g/mol. The van der Waals surface area contributed by atoms with Gasteiger partial charge >= 0.3 is 12.2 Å². The molecule has 5 rings (SSSR count). The number of carbonyl (C=O) groups is 2. The lowest BCUT2D eigenvalue weighted by molar-refractivity contribution is -0.141. The van der Waals surface area contributed by atoms with Gasteiger partial charge in [-0.1, -0.05) is 18.2 Å². The van der Waals surface area contributed by atoms with Gasteiger partial charge in [-0.3, -0.25) is 14.6 Å². The highest BCUT2D eigenvalue weighted by Crippen LogP contribution is 2.50. The van der Waals surface area contributed by atoms with Crippen molar-refractivity contribution >= 4 is 41.7 Å². The monoisotopic (exact) mass is 539 g/mol. The van der Waals surface area contributed by atoms with E-state index >= 15 is 0 Å². The summed E-state index contributed by atoms with van der Waals surface area (Å²) in [7, 11) is 9.32. The second kappa shape index (κ2) is 8.78. The highest BCUT2D eigenvalue weighted by atomic mass is 31.0. The Bertz CT molecular complexity index is 1200. The van der Waals surface area contributed by atoms with Gasteiger partial charge in [0.05, 0.1) is 12.1 Å². The summed E-state index contributed by atoms with van der Waals surface area (Å²) >= 11 is 0. The zero-order chi connectivity index (χ0) is 26.0. The van der Waals surface area contributed by atoms with Crippen molar-refractivity contribution in [1.29, 1.82) is 0 Å². The minimum atomic E-state index is -4.72. The normalized spacial score (nSPS) is 26.9. The Morgan fingerprint density at radius 1 is 1.14 bits per heavy atom. The number of halogens is 3. The van der Waals surface area contributed by atoms with Crippen LogP contribution in [-0.4, -0.2) is 57.5 Å². The molecule has 2 saturated carbocycles. The molecule has 2 atom stereocenters. The molecule has 0 N–H and O–H groups in total. The Labute approximate surface area is 212 Å². The van der Waals surface area contributed by atoms with Crippen LogP contribution in [0.25, 0.3) is 0 Å². The maximum absolute atomic E-state index is 13.5. The summed E-state index contributed by atoms with van der Waals surface area (Å²) in [6.07, 6.45) is -0.603. The van der Waals surface area contributed by atoms with Crippen LogP contribution >= 0.6 is 18.6 Å². The Balaban J connectivity index is 1.46. The van der Waals surface area contributed by atoms with E-state index < -0.39 is 29.3 Å². The Morgan fingerprint density at radius 3 is 2.36 bits per heavy atom. The molecule has 1 saturated heterocycles. The van der Waals surface area contributed by atoms with E-state index in [-0.39, 0.29) is 23.8 Å². The van der Waals surface area contributed by atoms with Crippen molar-refractivity contribution in [3.8, 4) is 0 Å². The third-order valence-corrected chi connectivity index (χ3v) is 9.21. The summed E-state index contributed by atoms with van der Waals surface area (Å²) in [4.78, 5) is 29.7. The molecular formula is C24H30F3N5O2P2. The fraction of sp³-hybridized carbons (Fsp3) is 0.542. The average molecular weight is 539 g/mol. The topological polar surface area (TPSA) is 61.7 Å². The number of rotatable bonds is 4. The van der Waals surface area contributed by atoms with E-state index in [2.05, 4.69) is 54.9 Å².